The fourth-order valence-corrected chi connectivity index (χ4v) is 0.547. The van der Waals surface area contributed by atoms with Crippen LogP contribution in [-0.2, 0) is 17.2 Å². The molecule has 0 unspecified atom stereocenters. The first-order chi connectivity index (χ1) is 5.30. The molecule has 1 rings (SSSR count). The van der Waals surface area contributed by atoms with Gasteiger partial charge in [0.15, 0.2) is 0 Å². The predicted molar refractivity (Wildman–Crippen MR) is 47.6 cm³/mol. The fraction of sp³-hybridized carbons (Fsp3) is 0.429. The van der Waals surface area contributed by atoms with Crippen LogP contribution in [0.25, 0.3) is 0 Å². The van der Waals surface area contributed by atoms with E-state index in [1.807, 2.05) is 19.3 Å². The van der Waals surface area contributed by atoms with Gasteiger partial charge in [0.25, 0.3) is 10.1 Å². The number of aryl methyl sites for hydroxylation is 2. The first kappa shape index (κ1) is 11.2. The van der Waals surface area contributed by atoms with Crippen molar-refractivity contribution in [2.45, 2.75) is 6.92 Å². The molecule has 0 radical (unpaired) electrons. The highest BCUT2D eigenvalue weighted by molar-refractivity contribution is 7.85. The molecule has 4 nitrogen and oxygen atoms in total. The van der Waals surface area contributed by atoms with Crippen LogP contribution in [0.15, 0.2) is 18.3 Å². The Balaban J connectivity index is 0.000000217. The molecule has 70 valence electrons. The smallest absolute Gasteiger partial charge is 0.261 e. The van der Waals surface area contributed by atoms with Gasteiger partial charge in [-0.15, -0.1) is 0 Å². The van der Waals surface area contributed by atoms with Crippen LogP contribution in [0.5, 0.6) is 0 Å². The topological polar surface area (TPSA) is 59.3 Å². The Labute approximate surface area is 72.6 Å². The number of hydrogen-bond acceptors (Lipinski definition) is 2. The number of rotatable bonds is 0. The summed E-state index contributed by atoms with van der Waals surface area (Å²) in [5, 5.41) is 0. The molecule has 1 aromatic rings. The highest BCUT2D eigenvalue weighted by Crippen LogP contribution is 1.93. The Morgan fingerprint density at radius 2 is 1.92 bits per heavy atom. The highest BCUT2D eigenvalue weighted by Gasteiger charge is 1.82. The molecule has 0 bridgehead atoms. The van der Waals surface area contributed by atoms with Crippen LogP contribution in [0.1, 0.15) is 5.69 Å². The molecule has 0 aliphatic rings. The largest absolute Gasteiger partial charge is 0.355 e. The van der Waals surface area contributed by atoms with E-state index in [1.165, 1.54) is 5.69 Å². The van der Waals surface area contributed by atoms with Crippen molar-refractivity contribution in [2.75, 3.05) is 6.26 Å². The minimum Gasteiger partial charge on any atom is -0.355 e. The maximum absolute atomic E-state index is 9.19. The van der Waals surface area contributed by atoms with Crippen molar-refractivity contribution in [3.8, 4) is 0 Å². The molecule has 0 spiro atoms. The maximum Gasteiger partial charge on any atom is 0.261 e. The van der Waals surface area contributed by atoms with Gasteiger partial charge in [-0.05, 0) is 19.1 Å². The van der Waals surface area contributed by atoms with Crippen LogP contribution in [0.2, 0.25) is 0 Å². The number of aromatic nitrogens is 1. The second-order valence-corrected chi connectivity index (χ2v) is 3.96. The molecule has 0 atom stereocenters. The van der Waals surface area contributed by atoms with Crippen molar-refractivity contribution < 1.29 is 13.0 Å². The molecule has 0 amide bonds. The number of hydrogen-bond donors (Lipinski definition) is 1. The van der Waals surface area contributed by atoms with Crippen molar-refractivity contribution in [1.29, 1.82) is 0 Å². The molecule has 0 aliphatic heterocycles. The monoisotopic (exact) mass is 191 g/mol. The third kappa shape index (κ3) is 7.30. The Hall–Kier alpha value is -0.810. The van der Waals surface area contributed by atoms with Crippen LogP contribution in [-0.4, -0.2) is 23.8 Å². The van der Waals surface area contributed by atoms with E-state index in [2.05, 4.69) is 17.6 Å². The summed E-state index contributed by atoms with van der Waals surface area (Å²) >= 11 is 0. The van der Waals surface area contributed by atoms with Gasteiger partial charge >= 0.3 is 0 Å². The maximum atomic E-state index is 9.19. The summed E-state index contributed by atoms with van der Waals surface area (Å²) in [6.45, 7) is 2.08. The van der Waals surface area contributed by atoms with Crippen molar-refractivity contribution >= 4 is 10.1 Å². The van der Waals surface area contributed by atoms with E-state index in [0.717, 1.165) is 0 Å². The molecule has 1 heterocycles. The van der Waals surface area contributed by atoms with Crippen molar-refractivity contribution in [2.24, 2.45) is 7.05 Å². The zero-order chi connectivity index (χ0) is 9.78. The molecule has 0 aromatic carbocycles. The van der Waals surface area contributed by atoms with E-state index < -0.39 is 10.1 Å². The second-order valence-electron chi connectivity index (χ2n) is 2.49. The molecule has 5 heteroatoms. The van der Waals surface area contributed by atoms with E-state index in [0.29, 0.717) is 6.26 Å². The van der Waals surface area contributed by atoms with E-state index in [1.54, 1.807) is 0 Å². The molecular formula is C7H13NO3S. The predicted octanol–water partition coefficient (Wildman–Crippen LogP) is 0.838. The third-order valence-electron chi connectivity index (χ3n) is 1.20. The van der Waals surface area contributed by atoms with Crippen molar-refractivity contribution in [3.05, 3.63) is 24.0 Å². The molecule has 12 heavy (non-hydrogen) atoms. The standard InChI is InChI=1S/C6H9N.CH4O3S/c1-6-4-3-5-7(6)2;1-5(2,3)4/h3-5H,1-2H3;1H3,(H,2,3,4). The molecular weight excluding hydrogens is 178 g/mol. The number of nitrogens with zero attached hydrogens (tertiary/aromatic N) is 1. The van der Waals surface area contributed by atoms with Crippen LogP contribution < -0.4 is 0 Å². The molecule has 0 saturated heterocycles. The van der Waals surface area contributed by atoms with Crippen LogP contribution >= 0.6 is 0 Å². The molecule has 1 N–H and O–H groups in total. The summed E-state index contributed by atoms with van der Waals surface area (Å²) in [4.78, 5) is 0. The van der Waals surface area contributed by atoms with Gasteiger partial charge in [-0.3, -0.25) is 4.55 Å². The summed E-state index contributed by atoms with van der Waals surface area (Å²) in [6, 6.07) is 4.12. The van der Waals surface area contributed by atoms with Crippen LogP contribution in [0.3, 0.4) is 0 Å². The molecule has 1 aromatic heterocycles. The Kier molecular flexibility index (Phi) is 3.99. The lowest BCUT2D eigenvalue weighted by molar-refractivity contribution is 0.490. The quantitative estimate of drug-likeness (QED) is 0.618. The van der Waals surface area contributed by atoms with Crippen LogP contribution in [0, 0.1) is 6.92 Å². The zero-order valence-electron chi connectivity index (χ0n) is 7.35. The summed E-state index contributed by atoms with van der Waals surface area (Å²) in [5.41, 5.74) is 1.31. The first-order valence-corrected chi connectivity index (χ1v) is 5.16. The molecule has 0 saturated carbocycles. The van der Waals surface area contributed by atoms with Crippen molar-refractivity contribution in [3.63, 3.8) is 0 Å². The van der Waals surface area contributed by atoms with E-state index in [-0.39, 0.29) is 0 Å². The van der Waals surface area contributed by atoms with Crippen molar-refractivity contribution in [1.82, 2.24) is 4.57 Å². The Morgan fingerprint density at radius 1 is 1.50 bits per heavy atom. The minimum absolute atomic E-state index is 0.715. The summed E-state index contributed by atoms with van der Waals surface area (Å²) in [6.07, 6.45) is 2.75. The lowest BCUT2D eigenvalue weighted by atomic mass is 10.5. The second kappa shape index (κ2) is 4.27. The van der Waals surface area contributed by atoms with E-state index in [9.17, 15) is 8.42 Å². The molecule has 0 aliphatic carbocycles. The SMILES string of the molecule is CS(=O)(=O)O.Cc1cccn1C. The molecule has 0 fully saturated rings. The van der Waals surface area contributed by atoms with Gasteiger partial charge in [0.2, 0.25) is 0 Å². The lowest BCUT2D eigenvalue weighted by Gasteiger charge is -1.89. The van der Waals surface area contributed by atoms with Gasteiger partial charge in [-0.25, -0.2) is 0 Å². The highest BCUT2D eigenvalue weighted by atomic mass is 32.2. The van der Waals surface area contributed by atoms with E-state index in [4.69, 9.17) is 4.55 Å². The van der Waals surface area contributed by atoms with Gasteiger partial charge in [-0.1, -0.05) is 0 Å². The Morgan fingerprint density at radius 3 is 2.00 bits per heavy atom. The zero-order valence-corrected chi connectivity index (χ0v) is 8.17. The van der Waals surface area contributed by atoms with Gasteiger partial charge in [-0.2, -0.15) is 8.42 Å². The average Bonchev–Trinajstić information content (AvgIpc) is 2.12. The fourth-order valence-electron chi connectivity index (χ4n) is 0.547. The average molecular weight is 191 g/mol. The summed E-state index contributed by atoms with van der Waals surface area (Å²) < 4.78 is 28.0. The lowest BCUT2D eigenvalue weighted by Crippen LogP contribution is -1.88. The van der Waals surface area contributed by atoms with Gasteiger partial charge in [0, 0.05) is 18.9 Å². The van der Waals surface area contributed by atoms with Crippen LogP contribution in [0.4, 0.5) is 0 Å². The minimum atomic E-state index is -3.67. The van der Waals surface area contributed by atoms with Gasteiger partial charge in [0.1, 0.15) is 0 Å². The van der Waals surface area contributed by atoms with E-state index >= 15 is 0 Å². The Bertz CT molecular complexity index is 302. The van der Waals surface area contributed by atoms with Gasteiger partial charge < -0.3 is 4.57 Å². The summed E-state index contributed by atoms with van der Waals surface area (Å²) in [5.74, 6) is 0. The normalized spacial score (nSPS) is 10.3. The summed E-state index contributed by atoms with van der Waals surface area (Å²) in [7, 11) is -1.63. The van der Waals surface area contributed by atoms with Gasteiger partial charge in [0.05, 0.1) is 6.26 Å². The third-order valence-corrected chi connectivity index (χ3v) is 1.20. The first-order valence-electron chi connectivity index (χ1n) is 3.31.